The third kappa shape index (κ3) is 3.94. The lowest BCUT2D eigenvalue weighted by Gasteiger charge is -2.35. The monoisotopic (exact) mass is 397 g/mol. The van der Waals surface area contributed by atoms with Crippen LogP contribution in [-0.4, -0.2) is 52.6 Å². The Hall–Kier alpha value is -3.18. The molecule has 2 aromatic heterocycles. The zero-order chi connectivity index (χ0) is 20.3. The second kappa shape index (κ2) is 8.28. The predicted molar refractivity (Wildman–Crippen MR) is 123 cm³/mol. The summed E-state index contributed by atoms with van der Waals surface area (Å²) >= 11 is 0. The van der Waals surface area contributed by atoms with Gasteiger partial charge < -0.3 is 9.88 Å². The summed E-state index contributed by atoms with van der Waals surface area (Å²) in [4.78, 5) is 17.8. The molecule has 5 nitrogen and oxygen atoms in total. The van der Waals surface area contributed by atoms with Crippen LogP contribution in [0.15, 0.2) is 66.9 Å². The van der Waals surface area contributed by atoms with E-state index in [1.54, 1.807) is 0 Å². The minimum absolute atomic E-state index is 0.819. The van der Waals surface area contributed by atoms with Crippen molar-refractivity contribution in [3.05, 3.63) is 78.2 Å². The Morgan fingerprint density at radius 1 is 0.900 bits per heavy atom. The number of aromatic nitrogens is 3. The zero-order valence-corrected chi connectivity index (χ0v) is 17.4. The van der Waals surface area contributed by atoms with Crippen LogP contribution in [0.5, 0.6) is 0 Å². The first-order valence-corrected chi connectivity index (χ1v) is 10.7. The van der Waals surface area contributed by atoms with E-state index < -0.39 is 0 Å². The third-order valence-corrected chi connectivity index (χ3v) is 5.95. The summed E-state index contributed by atoms with van der Waals surface area (Å²) in [6, 6.07) is 21.3. The number of para-hydroxylation sites is 1. The molecule has 1 N–H and O–H groups in total. The van der Waals surface area contributed by atoms with Crippen molar-refractivity contribution < 1.29 is 0 Å². The van der Waals surface area contributed by atoms with Crippen LogP contribution in [0.4, 0.5) is 5.82 Å². The molecule has 30 heavy (non-hydrogen) atoms. The molecule has 0 radical (unpaired) electrons. The molecule has 0 spiro atoms. The number of rotatable bonds is 5. The van der Waals surface area contributed by atoms with E-state index in [9.17, 15) is 0 Å². The lowest BCUT2D eigenvalue weighted by molar-refractivity contribution is 0.260. The highest BCUT2D eigenvalue weighted by Gasteiger charge is 2.19. The van der Waals surface area contributed by atoms with Crippen molar-refractivity contribution in [3.63, 3.8) is 0 Å². The quantitative estimate of drug-likeness (QED) is 0.546. The SMILES string of the molecule is Cc1nc(-c2c[nH]c3ccccc23)cc(N2CCN(CCc3ccccc3)CC2)n1. The summed E-state index contributed by atoms with van der Waals surface area (Å²) in [5.74, 6) is 1.85. The summed E-state index contributed by atoms with van der Waals surface area (Å²) in [7, 11) is 0. The fourth-order valence-corrected chi connectivity index (χ4v) is 4.27. The molecule has 0 saturated carbocycles. The molecular weight excluding hydrogens is 370 g/mol. The molecule has 1 saturated heterocycles. The van der Waals surface area contributed by atoms with Gasteiger partial charge in [-0.2, -0.15) is 0 Å². The maximum atomic E-state index is 4.75. The van der Waals surface area contributed by atoms with Crippen molar-refractivity contribution in [3.8, 4) is 11.3 Å². The Morgan fingerprint density at radius 2 is 1.67 bits per heavy atom. The highest BCUT2D eigenvalue weighted by Crippen LogP contribution is 2.29. The molecule has 0 unspecified atom stereocenters. The lowest BCUT2D eigenvalue weighted by atomic mass is 10.1. The molecule has 1 fully saturated rings. The number of piperazine rings is 1. The van der Waals surface area contributed by atoms with Gasteiger partial charge in [0.25, 0.3) is 0 Å². The average molecular weight is 398 g/mol. The van der Waals surface area contributed by atoms with Gasteiger partial charge in [0, 0.05) is 61.5 Å². The summed E-state index contributed by atoms with van der Waals surface area (Å²) in [6.07, 6.45) is 3.16. The van der Waals surface area contributed by atoms with Crippen LogP contribution in [0.1, 0.15) is 11.4 Å². The standard InChI is InChI=1S/C25H27N5/c1-19-27-24(22-18-26-23-10-6-5-9-21(22)23)17-25(28-19)30-15-13-29(14-16-30)12-11-20-7-3-2-4-8-20/h2-10,17-18,26H,11-16H2,1H3. The van der Waals surface area contributed by atoms with Gasteiger partial charge >= 0.3 is 0 Å². The maximum absolute atomic E-state index is 4.75. The molecule has 1 aliphatic heterocycles. The summed E-state index contributed by atoms with van der Waals surface area (Å²) in [5, 5.41) is 1.20. The fraction of sp³-hybridized carbons (Fsp3) is 0.280. The highest BCUT2D eigenvalue weighted by atomic mass is 15.3. The van der Waals surface area contributed by atoms with Gasteiger partial charge in [0.1, 0.15) is 11.6 Å². The molecule has 2 aromatic carbocycles. The second-order valence-corrected chi connectivity index (χ2v) is 7.97. The van der Waals surface area contributed by atoms with E-state index in [0.717, 1.165) is 67.6 Å². The molecule has 0 aliphatic carbocycles. The molecule has 5 rings (SSSR count). The molecule has 3 heterocycles. The smallest absolute Gasteiger partial charge is 0.132 e. The Balaban J connectivity index is 1.29. The Labute approximate surface area is 177 Å². The molecule has 0 atom stereocenters. The van der Waals surface area contributed by atoms with Gasteiger partial charge in [-0.3, -0.25) is 4.90 Å². The van der Waals surface area contributed by atoms with Crippen molar-refractivity contribution in [1.82, 2.24) is 19.9 Å². The number of benzene rings is 2. The number of aryl methyl sites for hydroxylation is 1. The number of nitrogens with zero attached hydrogens (tertiary/aromatic N) is 4. The van der Waals surface area contributed by atoms with Crippen LogP contribution in [0, 0.1) is 6.92 Å². The normalized spacial score (nSPS) is 15.0. The zero-order valence-electron chi connectivity index (χ0n) is 17.4. The fourth-order valence-electron chi connectivity index (χ4n) is 4.27. The topological polar surface area (TPSA) is 48.1 Å². The Bertz CT molecular complexity index is 1130. The molecule has 0 bridgehead atoms. The molecule has 152 valence electrons. The van der Waals surface area contributed by atoms with Crippen molar-refractivity contribution in [2.45, 2.75) is 13.3 Å². The largest absolute Gasteiger partial charge is 0.360 e. The second-order valence-electron chi connectivity index (χ2n) is 7.97. The van der Waals surface area contributed by atoms with Crippen LogP contribution in [0.3, 0.4) is 0 Å². The minimum atomic E-state index is 0.819. The molecule has 4 aromatic rings. The van der Waals surface area contributed by atoms with E-state index in [4.69, 9.17) is 9.97 Å². The van der Waals surface area contributed by atoms with Gasteiger partial charge in [-0.15, -0.1) is 0 Å². The number of hydrogen-bond acceptors (Lipinski definition) is 4. The summed E-state index contributed by atoms with van der Waals surface area (Å²) in [6.45, 7) is 7.23. The summed E-state index contributed by atoms with van der Waals surface area (Å²) < 4.78 is 0. The molecule has 1 aliphatic rings. The van der Waals surface area contributed by atoms with E-state index in [1.807, 2.05) is 6.92 Å². The first-order chi connectivity index (χ1) is 14.8. The predicted octanol–water partition coefficient (Wildman–Crippen LogP) is 4.30. The van der Waals surface area contributed by atoms with Crippen molar-refractivity contribution in [1.29, 1.82) is 0 Å². The maximum Gasteiger partial charge on any atom is 0.132 e. The highest BCUT2D eigenvalue weighted by molar-refractivity contribution is 5.94. The van der Waals surface area contributed by atoms with Crippen molar-refractivity contribution >= 4 is 16.7 Å². The van der Waals surface area contributed by atoms with Gasteiger partial charge in [0.05, 0.1) is 5.69 Å². The van der Waals surface area contributed by atoms with Crippen LogP contribution < -0.4 is 4.90 Å². The van der Waals surface area contributed by atoms with E-state index in [-0.39, 0.29) is 0 Å². The lowest BCUT2D eigenvalue weighted by Crippen LogP contribution is -2.47. The molecular formula is C25H27N5. The van der Waals surface area contributed by atoms with Gasteiger partial charge in [0.2, 0.25) is 0 Å². The van der Waals surface area contributed by atoms with E-state index in [2.05, 4.69) is 81.6 Å². The van der Waals surface area contributed by atoms with Crippen LogP contribution in [0.2, 0.25) is 0 Å². The third-order valence-electron chi connectivity index (χ3n) is 5.95. The van der Waals surface area contributed by atoms with Crippen molar-refractivity contribution in [2.75, 3.05) is 37.6 Å². The number of H-pyrrole nitrogens is 1. The number of anilines is 1. The first kappa shape index (κ1) is 18.8. The molecule has 0 amide bonds. The van der Waals surface area contributed by atoms with Crippen LogP contribution >= 0.6 is 0 Å². The van der Waals surface area contributed by atoms with Gasteiger partial charge in [-0.1, -0.05) is 48.5 Å². The number of fused-ring (bicyclic) bond motifs is 1. The number of aromatic amines is 1. The number of nitrogens with one attached hydrogen (secondary N) is 1. The number of hydrogen-bond donors (Lipinski definition) is 1. The van der Waals surface area contributed by atoms with E-state index >= 15 is 0 Å². The minimum Gasteiger partial charge on any atom is -0.360 e. The molecule has 5 heteroatoms. The van der Waals surface area contributed by atoms with Gasteiger partial charge in [0.15, 0.2) is 0 Å². The Kier molecular flexibility index (Phi) is 5.20. The van der Waals surface area contributed by atoms with Crippen LogP contribution in [0.25, 0.3) is 22.2 Å². The Morgan fingerprint density at radius 3 is 2.50 bits per heavy atom. The van der Waals surface area contributed by atoms with E-state index in [0.29, 0.717) is 0 Å². The average Bonchev–Trinajstić information content (AvgIpc) is 3.23. The van der Waals surface area contributed by atoms with Crippen LogP contribution in [-0.2, 0) is 6.42 Å². The first-order valence-electron chi connectivity index (χ1n) is 10.7. The van der Waals surface area contributed by atoms with Gasteiger partial charge in [-0.25, -0.2) is 9.97 Å². The van der Waals surface area contributed by atoms with Crippen molar-refractivity contribution in [2.24, 2.45) is 0 Å². The van der Waals surface area contributed by atoms with Gasteiger partial charge in [-0.05, 0) is 25.0 Å². The van der Waals surface area contributed by atoms with E-state index in [1.165, 1.54) is 10.9 Å². The summed E-state index contributed by atoms with van der Waals surface area (Å²) in [5.41, 5.74) is 4.67.